The largest absolute Gasteiger partial charge is 0.488 e. The Morgan fingerprint density at radius 1 is 1.28 bits per heavy atom. The van der Waals surface area contributed by atoms with Gasteiger partial charge in [-0.25, -0.2) is 13.4 Å². The zero-order valence-corrected chi connectivity index (χ0v) is 18.8. The van der Waals surface area contributed by atoms with Crippen molar-refractivity contribution in [2.75, 3.05) is 19.4 Å². The van der Waals surface area contributed by atoms with E-state index in [1.165, 1.54) is 55.7 Å². The average Bonchev–Trinajstić information content (AvgIpc) is 2.77. The fraction of sp³-hybridized carbons (Fsp3) is 0.286. The summed E-state index contributed by atoms with van der Waals surface area (Å²) in [6.07, 6.45) is 3.70. The lowest BCUT2D eigenvalue weighted by molar-refractivity contribution is 0.100. The smallest absolute Gasteiger partial charge is 0.279 e. The van der Waals surface area contributed by atoms with E-state index in [4.69, 9.17) is 15.2 Å². The van der Waals surface area contributed by atoms with Gasteiger partial charge >= 0.3 is 0 Å². The van der Waals surface area contributed by atoms with Gasteiger partial charge in [0.15, 0.2) is 14.9 Å². The summed E-state index contributed by atoms with van der Waals surface area (Å²) in [6, 6.07) is 7.21. The topological polar surface area (TPSA) is 153 Å². The molecule has 32 heavy (non-hydrogen) atoms. The fourth-order valence-electron chi connectivity index (χ4n) is 2.37. The first kappa shape index (κ1) is 24.8. The maximum Gasteiger partial charge on any atom is 0.279 e. The van der Waals surface area contributed by atoms with Crippen molar-refractivity contribution in [1.29, 1.82) is 0 Å². The lowest BCUT2D eigenvalue weighted by atomic mass is 10.2. The van der Waals surface area contributed by atoms with Crippen molar-refractivity contribution in [3.05, 3.63) is 54.4 Å². The standard InChI is InChI=1S/C21H26N4O6S/c1-4-32(28,29)20-6-5-16(12-24-20)31-18-10-15(9-17(11-18)30-14(2)13-26)21(27)25-19(22)7-8-23-3/h5-12,14,23,26H,4,13H2,1-3H3,(H2,22,25,27)/b8-7-. The molecule has 10 nitrogen and oxygen atoms in total. The number of carbonyl (C=O) groups is 1. The number of nitrogens with one attached hydrogen (secondary N) is 1. The Morgan fingerprint density at radius 2 is 2.00 bits per heavy atom. The molecule has 1 heterocycles. The molecule has 1 aromatic heterocycles. The first-order valence-electron chi connectivity index (χ1n) is 9.70. The molecule has 0 saturated carbocycles. The molecule has 0 radical (unpaired) electrons. The first-order valence-corrected chi connectivity index (χ1v) is 11.3. The SMILES string of the molecule is CCS(=O)(=O)c1ccc(Oc2cc(OC(C)CO)cc(C(=O)N=C(N)/C=C\NC)c2)cn1. The Morgan fingerprint density at radius 3 is 2.59 bits per heavy atom. The monoisotopic (exact) mass is 462 g/mol. The molecule has 0 spiro atoms. The minimum Gasteiger partial charge on any atom is -0.488 e. The molecule has 1 unspecified atom stereocenters. The van der Waals surface area contributed by atoms with E-state index in [0.29, 0.717) is 0 Å². The van der Waals surface area contributed by atoms with E-state index in [2.05, 4.69) is 15.3 Å². The van der Waals surface area contributed by atoms with Crippen molar-refractivity contribution < 1.29 is 27.8 Å². The molecule has 4 N–H and O–H groups in total. The number of amidine groups is 1. The zero-order valence-electron chi connectivity index (χ0n) is 18.0. The average molecular weight is 463 g/mol. The molecule has 2 rings (SSSR count). The molecule has 0 fully saturated rings. The highest BCUT2D eigenvalue weighted by Crippen LogP contribution is 2.28. The highest BCUT2D eigenvalue weighted by atomic mass is 32.2. The van der Waals surface area contributed by atoms with Crippen LogP contribution in [0.15, 0.2) is 58.8 Å². The number of nitrogens with two attached hydrogens (primary N) is 1. The zero-order chi connectivity index (χ0) is 23.7. The van der Waals surface area contributed by atoms with E-state index in [9.17, 15) is 18.3 Å². The molecule has 11 heteroatoms. The van der Waals surface area contributed by atoms with Gasteiger partial charge in [-0.3, -0.25) is 4.79 Å². The van der Waals surface area contributed by atoms with E-state index in [0.717, 1.165) is 0 Å². The summed E-state index contributed by atoms with van der Waals surface area (Å²) in [7, 11) is -1.76. The molecule has 1 aromatic carbocycles. The molecular weight excluding hydrogens is 436 g/mol. The molecule has 1 atom stereocenters. The van der Waals surface area contributed by atoms with Crippen LogP contribution in [0.25, 0.3) is 0 Å². The lowest BCUT2D eigenvalue weighted by Gasteiger charge is -2.14. The third-order valence-corrected chi connectivity index (χ3v) is 5.66. The van der Waals surface area contributed by atoms with Crippen LogP contribution in [0.1, 0.15) is 24.2 Å². The number of pyridine rings is 1. The highest BCUT2D eigenvalue weighted by Gasteiger charge is 2.15. The van der Waals surface area contributed by atoms with Gasteiger partial charge in [0, 0.05) is 18.7 Å². The van der Waals surface area contributed by atoms with Gasteiger partial charge in [0.25, 0.3) is 5.91 Å². The molecular formula is C21H26N4O6S. The third kappa shape index (κ3) is 7.06. The van der Waals surface area contributed by atoms with Crippen LogP contribution >= 0.6 is 0 Å². The maximum absolute atomic E-state index is 12.6. The van der Waals surface area contributed by atoms with Crippen molar-refractivity contribution >= 4 is 21.6 Å². The second kappa shape index (κ2) is 11.3. The van der Waals surface area contributed by atoms with E-state index < -0.39 is 21.8 Å². The predicted octanol–water partition coefficient (Wildman–Crippen LogP) is 1.66. The summed E-state index contributed by atoms with van der Waals surface area (Å²) in [5.74, 6) is 0.0529. The van der Waals surface area contributed by atoms with Crippen molar-refractivity contribution in [3.8, 4) is 17.2 Å². The number of carbonyl (C=O) groups excluding carboxylic acids is 1. The minimum absolute atomic E-state index is 0.00112. The summed E-state index contributed by atoms with van der Waals surface area (Å²) < 4.78 is 35.2. The number of aromatic nitrogens is 1. The number of aliphatic hydroxyl groups excluding tert-OH is 1. The van der Waals surface area contributed by atoms with Crippen molar-refractivity contribution in [1.82, 2.24) is 10.3 Å². The molecule has 0 aliphatic rings. The summed E-state index contributed by atoms with van der Waals surface area (Å²) in [5.41, 5.74) is 5.85. The summed E-state index contributed by atoms with van der Waals surface area (Å²) >= 11 is 0. The minimum atomic E-state index is -3.44. The van der Waals surface area contributed by atoms with Crippen LogP contribution in [0.3, 0.4) is 0 Å². The second-order valence-electron chi connectivity index (χ2n) is 6.61. The van der Waals surface area contributed by atoms with E-state index in [-0.39, 0.29) is 46.0 Å². The highest BCUT2D eigenvalue weighted by molar-refractivity contribution is 7.91. The lowest BCUT2D eigenvalue weighted by Crippen LogP contribution is -2.16. The van der Waals surface area contributed by atoms with Crippen LogP contribution in [0.4, 0.5) is 0 Å². The fourth-order valence-corrected chi connectivity index (χ4v) is 3.16. The number of benzene rings is 1. The van der Waals surface area contributed by atoms with Crippen LogP contribution in [0.5, 0.6) is 17.2 Å². The maximum atomic E-state index is 12.6. The summed E-state index contributed by atoms with van der Waals surface area (Å²) in [6.45, 7) is 2.96. The molecule has 0 aliphatic carbocycles. The Kier molecular flexibility index (Phi) is 8.73. The number of aliphatic imine (C=N–C) groups is 1. The number of ether oxygens (including phenoxy) is 2. The van der Waals surface area contributed by atoms with Crippen LogP contribution in [0.2, 0.25) is 0 Å². The molecule has 2 aromatic rings. The third-order valence-electron chi connectivity index (χ3n) is 4.02. The van der Waals surface area contributed by atoms with Gasteiger partial charge in [0.2, 0.25) is 0 Å². The van der Waals surface area contributed by atoms with E-state index in [1.807, 2.05) is 0 Å². The number of hydrogen-bond acceptors (Lipinski definition) is 8. The summed E-state index contributed by atoms with van der Waals surface area (Å²) in [4.78, 5) is 20.3. The molecule has 0 bridgehead atoms. The summed E-state index contributed by atoms with van der Waals surface area (Å²) in [5, 5.41) is 11.9. The first-order chi connectivity index (χ1) is 15.2. The van der Waals surface area contributed by atoms with Gasteiger partial charge in [0.1, 0.15) is 29.2 Å². The van der Waals surface area contributed by atoms with Gasteiger partial charge in [-0.2, -0.15) is 4.99 Å². The van der Waals surface area contributed by atoms with Crippen LogP contribution < -0.4 is 20.5 Å². The van der Waals surface area contributed by atoms with Crippen LogP contribution in [-0.2, 0) is 9.84 Å². The Hall–Kier alpha value is -3.44. The van der Waals surface area contributed by atoms with Crippen LogP contribution in [-0.4, -0.2) is 55.8 Å². The van der Waals surface area contributed by atoms with Gasteiger partial charge in [-0.1, -0.05) is 6.92 Å². The number of aliphatic hydroxyl groups is 1. The van der Waals surface area contributed by atoms with Gasteiger partial charge < -0.3 is 25.6 Å². The van der Waals surface area contributed by atoms with Gasteiger partial charge in [0.05, 0.1) is 18.6 Å². The van der Waals surface area contributed by atoms with Gasteiger partial charge in [-0.15, -0.1) is 0 Å². The van der Waals surface area contributed by atoms with Crippen LogP contribution in [0, 0.1) is 0 Å². The Balaban J connectivity index is 2.37. The quantitative estimate of drug-likeness (QED) is 0.353. The number of amides is 1. The Bertz CT molecular complexity index is 1100. The number of hydrogen-bond donors (Lipinski definition) is 3. The molecule has 172 valence electrons. The number of sulfone groups is 1. The molecule has 1 amide bonds. The molecule has 0 saturated heterocycles. The van der Waals surface area contributed by atoms with Gasteiger partial charge in [-0.05, 0) is 43.5 Å². The predicted molar refractivity (Wildman–Crippen MR) is 120 cm³/mol. The van der Waals surface area contributed by atoms with E-state index in [1.54, 1.807) is 14.0 Å². The number of rotatable bonds is 10. The Labute approximate surface area is 186 Å². The second-order valence-corrected chi connectivity index (χ2v) is 8.83. The number of nitrogens with zero attached hydrogens (tertiary/aromatic N) is 2. The molecule has 0 aliphatic heterocycles. The van der Waals surface area contributed by atoms with Crippen molar-refractivity contribution in [2.45, 2.75) is 25.0 Å². The normalized spacial score (nSPS) is 13.1. The van der Waals surface area contributed by atoms with E-state index >= 15 is 0 Å². The van der Waals surface area contributed by atoms with Crippen molar-refractivity contribution in [3.63, 3.8) is 0 Å². The van der Waals surface area contributed by atoms with Crippen molar-refractivity contribution in [2.24, 2.45) is 10.7 Å².